The van der Waals surface area contributed by atoms with Gasteiger partial charge in [-0.3, -0.25) is 0 Å². The number of nitrogens with one attached hydrogen (secondary N) is 2. The number of likely N-dealkylation sites (N-methyl/N-ethyl adjacent to an activating group) is 1. The van der Waals surface area contributed by atoms with Gasteiger partial charge in [-0.05, 0) is 26.1 Å². The van der Waals surface area contributed by atoms with Gasteiger partial charge < -0.3 is 15.2 Å². The summed E-state index contributed by atoms with van der Waals surface area (Å²) in [6.07, 6.45) is 5.48. The number of rotatable bonds is 3. The molecule has 4 rings (SSSR count). The van der Waals surface area contributed by atoms with Crippen LogP contribution in [0, 0.1) is 5.82 Å². The van der Waals surface area contributed by atoms with E-state index in [1.54, 1.807) is 18.5 Å². The molecule has 1 aliphatic rings. The van der Waals surface area contributed by atoms with Gasteiger partial charge >= 0.3 is 0 Å². The van der Waals surface area contributed by atoms with Gasteiger partial charge in [0.2, 0.25) is 0 Å². The minimum Gasteiger partial charge on any atom is -0.363 e. The van der Waals surface area contributed by atoms with E-state index in [2.05, 4.69) is 30.2 Å². The van der Waals surface area contributed by atoms with Crippen LogP contribution in [-0.2, 0) is 0 Å². The van der Waals surface area contributed by atoms with Crippen LogP contribution in [0.4, 0.5) is 10.2 Å². The molecule has 3 aromatic rings. The van der Waals surface area contributed by atoms with Crippen LogP contribution in [0.2, 0.25) is 5.02 Å². The number of halogens is 2. The van der Waals surface area contributed by atoms with Crippen LogP contribution in [0.25, 0.3) is 22.4 Å². The number of anilines is 1. The Labute approximate surface area is 143 Å². The Morgan fingerprint density at radius 1 is 1.38 bits per heavy atom. The summed E-state index contributed by atoms with van der Waals surface area (Å²) in [4.78, 5) is 18.0. The van der Waals surface area contributed by atoms with E-state index < -0.39 is 5.82 Å². The number of hydrogen-bond donors (Lipinski definition) is 2. The molecule has 0 spiro atoms. The number of pyridine rings is 1. The summed E-state index contributed by atoms with van der Waals surface area (Å²) in [5.74, 6) is 0.203. The second kappa shape index (κ2) is 5.99. The van der Waals surface area contributed by atoms with Crippen molar-refractivity contribution < 1.29 is 4.39 Å². The minimum atomic E-state index is -0.454. The Morgan fingerprint density at radius 3 is 3.04 bits per heavy atom. The highest BCUT2D eigenvalue weighted by Crippen LogP contribution is 2.28. The number of nitrogens with zero attached hydrogens (tertiary/aromatic N) is 4. The van der Waals surface area contributed by atoms with E-state index in [9.17, 15) is 4.39 Å². The number of likely N-dealkylation sites (tertiary alicyclic amines) is 1. The molecule has 0 radical (unpaired) electrons. The smallest absolute Gasteiger partial charge is 0.183 e. The maximum Gasteiger partial charge on any atom is 0.183 e. The van der Waals surface area contributed by atoms with E-state index in [1.807, 2.05) is 7.05 Å². The predicted octanol–water partition coefficient (Wildman–Crippen LogP) is 2.93. The minimum absolute atomic E-state index is 0.186. The first-order chi connectivity index (χ1) is 11.6. The molecule has 0 bridgehead atoms. The molecule has 1 aliphatic heterocycles. The van der Waals surface area contributed by atoms with Gasteiger partial charge in [-0.1, -0.05) is 11.6 Å². The van der Waals surface area contributed by atoms with Gasteiger partial charge in [-0.15, -0.1) is 0 Å². The number of fused-ring (bicyclic) bond motifs is 1. The fraction of sp³-hybridized carbons (Fsp3) is 0.312. The van der Waals surface area contributed by atoms with E-state index in [1.165, 1.54) is 6.20 Å². The Hall–Kier alpha value is -2.25. The van der Waals surface area contributed by atoms with Gasteiger partial charge in [-0.2, -0.15) is 0 Å². The SMILES string of the molecule is CN1CCC(Nc2nc(-c3c[nH]c4ncc(Cl)cc34)ncc2F)C1. The van der Waals surface area contributed by atoms with Crippen molar-refractivity contribution in [1.29, 1.82) is 0 Å². The molecule has 0 aromatic carbocycles. The Morgan fingerprint density at radius 2 is 2.25 bits per heavy atom. The average Bonchev–Trinajstić information content (AvgIpc) is 3.15. The summed E-state index contributed by atoms with van der Waals surface area (Å²) in [7, 11) is 2.05. The summed E-state index contributed by atoms with van der Waals surface area (Å²) < 4.78 is 14.1. The second-order valence-electron chi connectivity index (χ2n) is 6.03. The molecule has 124 valence electrons. The zero-order chi connectivity index (χ0) is 16.7. The number of hydrogen-bond acceptors (Lipinski definition) is 5. The Kier molecular flexibility index (Phi) is 3.82. The van der Waals surface area contributed by atoms with Crippen LogP contribution < -0.4 is 5.32 Å². The molecule has 0 aliphatic carbocycles. The molecule has 1 saturated heterocycles. The van der Waals surface area contributed by atoms with Crippen molar-refractivity contribution in [2.75, 3.05) is 25.5 Å². The largest absolute Gasteiger partial charge is 0.363 e. The molecule has 24 heavy (non-hydrogen) atoms. The zero-order valence-electron chi connectivity index (χ0n) is 13.1. The van der Waals surface area contributed by atoms with E-state index in [0.717, 1.165) is 30.5 Å². The molecule has 1 unspecified atom stereocenters. The standard InChI is InChI=1S/C16H16ClFN6/c1-24-3-2-10(8-24)22-16-13(18)7-21-15(23-16)12-6-20-14-11(12)4-9(17)5-19-14/h4-7,10H,2-3,8H2,1H3,(H,19,20)(H,21,22,23). The lowest BCUT2D eigenvalue weighted by Crippen LogP contribution is -2.24. The molecule has 1 fully saturated rings. The van der Waals surface area contributed by atoms with Gasteiger partial charge in [0.05, 0.1) is 11.2 Å². The highest BCUT2D eigenvalue weighted by Gasteiger charge is 2.21. The average molecular weight is 347 g/mol. The van der Waals surface area contributed by atoms with Gasteiger partial charge in [0.25, 0.3) is 0 Å². The highest BCUT2D eigenvalue weighted by molar-refractivity contribution is 6.31. The summed E-state index contributed by atoms with van der Waals surface area (Å²) in [5.41, 5.74) is 1.43. The van der Waals surface area contributed by atoms with Crippen LogP contribution in [0.3, 0.4) is 0 Å². The lowest BCUT2D eigenvalue weighted by molar-refractivity contribution is 0.413. The van der Waals surface area contributed by atoms with E-state index >= 15 is 0 Å². The van der Waals surface area contributed by atoms with Crippen molar-refractivity contribution in [3.63, 3.8) is 0 Å². The van der Waals surface area contributed by atoms with Gasteiger partial charge in [-0.25, -0.2) is 19.3 Å². The number of H-pyrrole nitrogens is 1. The zero-order valence-corrected chi connectivity index (χ0v) is 13.8. The predicted molar refractivity (Wildman–Crippen MR) is 91.6 cm³/mol. The lowest BCUT2D eigenvalue weighted by atomic mass is 10.2. The van der Waals surface area contributed by atoms with Gasteiger partial charge in [0, 0.05) is 35.9 Å². The van der Waals surface area contributed by atoms with Crippen molar-refractivity contribution in [2.45, 2.75) is 12.5 Å². The molecule has 1 atom stereocenters. The topological polar surface area (TPSA) is 69.7 Å². The maximum absolute atomic E-state index is 14.1. The third-order valence-electron chi connectivity index (χ3n) is 4.21. The third kappa shape index (κ3) is 2.81. The van der Waals surface area contributed by atoms with Crippen molar-refractivity contribution in [1.82, 2.24) is 24.8 Å². The third-order valence-corrected chi connectivity index (χ3v) is 4.42. The van der Waals surface area contributed by atoms with E-state index in [4.69, 9.17) is 11.6 Å². The number of aromatic amines is 1. The normalized spacial score (nSPS) is 18.4. The first kappa shape index (κ1) is 15.3. The fourth-order valence-corrected chi connectivity index (χ4v) is 3.17. The quantitative estimate of drug-likeness (QED) is 0.763. The molecule has 8 heteroatoms. The summed E-state index contributed by atoms with van der Waals surface area (Å²) in [6.45, 7) is 1.86. The molecule has 4 heterocycles. The van der Waals surface area contributed by atoms with Gasteiger partial charge in [0.15, 0.2) is 17.5 Å². The summed E-state index contributed by atoms with van der Waals surface area (Å²) in [6, 6.07) is 1.98. The molecular formula is C16H16ClFN6. The second-order valence-corrected chi connectivity index (χ2v) is 6.47. The lowest BCUT2D eigenvalue weighted by Gasteiger charge is -2.14. The maximum atomic E-state index is 14.1. The molecule has 0 amide bonds. The van der Waals surface area contributed by atoms with Crippen molar-refractivity contribution in [2.24, 2.45) is 0 Å². The van der Waals surface area contributed by atoms with Crippen LogP contribution in [0.5, 0.6) is 0 Å². The molecule has 3 aromatic heterocycles. The summed E-state index contributed by atoms with van der Waals surface area (Å²) in [5, 5.41) is 4.51. The summed E-state index contributed by atoms with van der Waals surface area (Å²) >= 11 is 6.02. The van der Waals surface area contributed by atoms with Crippen LogP contribution in [-0.4, -0.2) is 51.0 Å². The Balaban J connectivity index is 1.70. The fourth-order valence-electron chi connectivity index (χ4n) is 3.01. The molecular weight excluding hydrogens is 331 g/mol. The van der Waals surface area contributed by atoms with Crippen molar-refractivity contribution >= 4 is 28.5 Å². The van der Waals surface area contributed by atoms with Crippen molar-refractivity contribution in [3.05, 3.63) is 35.5 Å². The first-order valence-electron chi connectivity index (χ1n) is 7.71. The number of aromatic nitrogens is 4. The van der Waals surface area contributed by atoms with E-state index in [-0.39, 0.29) is 11.9 Å². The van der Waals surface area contributed by atoms with Crippen LogP contribution >= 0.6 is 11.6 Å². The molecule has 2 N–H and O–H groups in total. The molecule has 6 nitrogen and oxygen atoms in total. The van der Waals surface area contributed by atoms with Gasteiger partial charge in [0.1, 0.15) is 5.65 Å². The highest BCUT2D eigenvalue weighted by atomic mass is 35.5. The van der Waals surface area contributed by atoms with Crippen LogP contribution in [0.15, 0.2) is 24.7 Å². The molecule has 0 saturated carbocycles. The Bertz CT molecular complexity index is 895. The van der Waals surface area contributed by atoms with E-state index in [0.29, 0.717) is 16.5 Å². The van der Waals surface area contributed by atoms with Crippen LogP contribution in [0.1, 0.15) is 6.42 Å². The monoisotopic (exact) mass is 346 g/mol. The first-order valence-corrected chi connectivity index (χ1v) is 8.08. The van der Waals surface area contributed by atoms with Crippen molar-refractivity contribution in [3.8, 4) is 11.4 Å².